The van der Waals surface area contributed by atoms with E-state index in [0.717, 1.165) is 0 Å². The summed E-state index contributed by atoms with van der Waals surface area (Å²) < 4.78 is 13.0. The van der Waals surface area contributed by atoms with Gasteiger partial charge in [-0.3, -0.25) is 19.2 Å². The Morgan fingerprint density at radius 2 is 1.86 bits per heavy atom. The number of ether oxygens (including phenoxy) is 2. The highest BCUT2D eigenvalue weighted by Gasteiger charge is 2.77. The number of carbonyl (C=O) groups excluding carboxylic acids is 4. The van der Waals surface area contributed by atoms with Gasteiger partial charge in [-0.05, 0) is 68.9 Å². The minimum atomic E-state index is -1.30. The number of alkyl halides is 1. The number of fused-ring (bicyclic) bond motifs is 1. The molecule has 3 fully saturated rings. The summed E-state index contributed by atoms with van der Waals surface area (Å²) in [5.74, 6) is -3.49. The number of esters is 1. The molecule has 8 atom stereocenters. The van der Waals surface area contributed by atoms with Crippen molar-refractivity contribution in [2.45, 2.75) is 80.2 Å². The third kappa shape index (κ3) is 7.56. The second kappa shape index (κ2) is 16.7. The van der Waals surface area contributed by atoms with Crippen molar-refractivity contribution in [2.24, 2.45) is 11.8 Å². The number of hydrogen-bond donors (Lipinski definition) is 2. The van der Waals surface area contributed by atoms with Crippen LogP contribution in [0.5, 0.6) is 0 Å². The zero-order valence-electron chi connectivity index (χ0n) is 28.2. The van der Waals surface area contributed by atoms with Gasteiger partial charge in [0.1, 0.15) is 17.7 Å². The highest BCUT2D eigenvalue weighted by molar-refractivity contribution is 9.09. The van der Waals surface area contributed by atoms with E-state index >= 15 is 0 Å². The normalized spacial score (nSPS) is 26.2. The van der Waals surface area contributed by atoms with Crippen molar-refractivity contribution in [3.8, 4) is 0 Å². The molecular weight excluding hydrogens is 726 g/mol. The summed E-state index contributed by atoms with van der Waals surface area (Å²) >= 11 is 9.89. The van der Waals surface area contributed by atoms with E-state index in [4.69, 9.17) is 21.1 Å². The number of allylic oxidation sites excluding steroid dienone is 1. The molecule has 0 aromatic heterocycles. The van der Waals surface area contributed by atoms with Crippen LogP contribution >= 0.6 is 27.5 Å². The SMILES string of the molecule is C=CCCC(=O)N[C@H](C)[C@@H](OC(=O)[C@H]1[C@@H]2O[C@@]3(CC2Br)[C@@H]1C(=O)N(CCCCCO)[C@@H]3C(=O)N(CC=C)c1ccc(Cl)cc1)c1ccccc1. The molecule has 5 rings (SSSR count). The first-order valence-corrected chi connectivity index (χ1v) is 18.4. The van der Waals surface area contributed by atoms with Crippen molar-refractivity contribution < 1.29 is 33.8 Å². The predicted molar refractivity (Wildman–Crippen MR) is 195 cm³/mol. The van der Waals surface area contributed by atoms with Crippen LogP contribution < -0.4 is 10.2 Å². The molecule has 2 aromatic rings. The Morgan fingerprint density at radius 3 is 2.52 bits per heavy atom. The van der Waals surface area contributed by atoms with E-state index in [1.165, 1.54) is 0 Å². The van der Waals surface area contributed by atoms with Gasteiger partial charge >= 0.3 is 5.97 Å². The number of unbranched alkanes of at least 4 members (excludes halogenated alkanes) is 2. The Balaban J connectivity index is 1.49. The number of aliphatic hydroxyl groups excluding tert-OH is 1. The highest BCUT2D eigenvalue weighted by atomic mass is 79.9. The first kappa shape index (κ1) is 37.7. The second-order valence-electron chi connectivity index (χ2n) is 13.1. The number of benzene rings is 2. The molecule has 2 aromatic carbocycles. The van der Waals surface area contributed by atoms with Gasteiger partial charge < -0.3 is 29.7 Å². The summed E-state index contributed by atoms with van der Waals surface area (Å²) in [4.78, 5) is 59.2. The van der Waals surface area contributed by atoms with Gasteiger partial charge in [0, 0.05) is 41.7 Å². The summed E-state index contributed by atoms with van der Waals surface area (Å²) in [5, 5.41) is 12.8. The fourth-order valence-corrected chi connectivity index (χ4v) is 8.72. The van der Waals surface area contributed by atoms with Crippen molar-refractivity contribution in [1.29, 1.82) is 0 Å². The van der Waals surface area contributed by atoms with Gasteiger partial charge in [-0.15, -0.1) is 13.2 Å². The Hall–Kier alpha value is -3.51. The number of carbonyl (C=O) groups is 4. The van der Waals surface area contributed by atoms with Crippen LogP contribution in [0.25, 0.3) is 0 Å². The van der Waals surface area contributed by atoms with E-state index in [2.05, 4.69) is 34.4 Å². The van der Waals surface area contributed by atoms with Crippen molar-refractivity contribution in [3.05, 3.63) is 90.5 Å². The molecule has 268 valence electrons. The van der Waals surface area contributed by atoms with Crippen LogP contribution in [0, 0.1) is 11.8 Å². The first-order valence-electron chi connectivity index (χ1n) is 17.1. The minimum absolute atomic E-state index is 0.0201. The molecule has 3 saturated heterocycles. The highest BCUT2D eigenvalue weighted by Crippen LogP contribution is 2.60. The minimum Gasteiger partial charge on any atom is -0.455 e. The lowest BCUT2D eigenvalue weighted by Gasteiger charge is -2.37. The Kier molecular flexibility index (Phi) is 12.6. The molecule has 12 heteroatoms. The van der Waals surface area contributed by atoms with E-state index in [9.17, 15) is 24.3 Å². The van der Waals surface area contributed by atoms with Crippen LogP contribution in [0.15, 0.2) is 79.9 Å². The van der Waals surface area contributed by atoms with Crippen molar-refractivity contribution >= 4 is 56.9 Å². The molecule has 2 N–H and O–H groups in total. The van der Waals surface area contributed by atoms with Crippen LogP contribution in [0.4, 0.5) is 5.69 Å². The van der Waals surface area contributed by atoms with Crippen molar-refractivity contribution in [2.75, 3.05) is 24.6 Å². The predicted octanol–water partition coefficient (Wildman–Crippen LogP) is 5.53. The largest absolute Gasteiger partial charge is 0.455 e. The quantitative estimate of drug-likeness (QED) is 0.0940. The third-order valence-corrected chi connectivity index (χ3v) is 11.0. The zero-order valence-corrected chi connectivity index (χ0v) is 30.6. The van der Waals surface area contributed by atoms with Crippen molar-refractivity contribution in [3.63, 3.8) is 0 Å². The Bertz CT molecular complexity index is 1560. The van der Waals surface area contributed by atoms with Gasteiger partial charge in [-0.25, -0.2) is 0 Å². The summed E-state index contributed by atoms with van der Waals surface area (Å²) in [5.41, 5.74) is -0.0295. The summed E-state index contributed by atoms with van der Waals surface area (Å²) in [6.45, 7) is 9.76. The summed E-state index contributed by atoms with van der Waals surface area (Å²) in [6.07, 6.45) is 4.56. The number of rotatable bonds is 17. The van der Waals surface area contributed by atoms with E-state index < -0.39 is 47.7 Å². The summed E-state index contributed by atoms with van der Waals surface area (Å²) in [7, 11) is 0. The van der Waals surface area contributed by atoms with E-state index in [-0.39, 0.29) is 48.7 Å². The summed E-state index contributed by atoms with van der Waals surface area (Å²) in [6, 6.07) is 14.4. The average Bonchev–Trinajstić information content (AvgIpc) is 3.70. The first-order chi connectivity index (χ1) is 24.1. The lowest BCUT2D eigenvalue weighted by Crippen LogP contribution is -2.57. The number of anilines is 1. The lowest BCUT2D eigenvalue weighted by molar-refractivity contribution is -0.162. The van der Waals surface area contributed by atoms with Gasteiger partial charge in [-0.2, -0.15) is 0 Å². The van der Waals surface area contributed by atoms with Crippen LogP contribution in [-0.2, 0) is 28.7 Å². The van der Waals surface area contributed by atoms with Crippen LogP contribution in [0.1, 0.15) is 57.1 Å². The van der Waals surface area contributed by atoms with Crippen molar-refractivity contribution in [1.82, 2.24) is 10.2 Å². The molecule has 50 heavy (non-hydrogen) atoms. The smallest absolute Gasteiger partial charge is 0.313 e. The molecule has 0 aliphatic carbocycles. The number of nitrogens with zero attached hydrogens (tertiary/aromatic N) is 2. The molecule has 2 bridgehead atoms. The molecule has 1 spiro atoms. The maximum atomic E-state index is 14.8. The molecular formula is C38H45BrClN3O7. The molecule has 0 saturated carbocycles. The number of nitrogens with one attached hydrogen (secondary N) is 1. The monoisotopic (exact) mass is 769 g/mol. The molecule has 0 radical (unpaired) electrons. The number of likely N-dealkylation sites (tertiary alicyclic amines) is 1. The molecule has 3 heterocycles. The molecule has 10 nitrogen and oxygen atoms in total. The number of hydrogen-bond acceptors (Lipinski definition) is 7. The van der Waals surface area contributed by atoms with Crippen LogP contribution in [0.3, 0.4) is 0 Å². The van der Waals surface area contributed by atoms with Gasteiger partial charge in [0.05, 0.1) is 24.0 Å². The Morgan fingerprint density at radius 1 is 1.14 bits per heavy atom. The van der Waals surface area contributed by atoms with Gasteiger partial charge in [0.15, 0.2) is 0 Å². The topological polar surface area (TPSA) is 125 Å². The second-order valence-corrected chi connectivity index (χ2v) is 14.8. The number of halogens is 2. The molecule has 3 aliphatic rings. The van der Waals surface area contributed by atoms with Gasteiger partial charge in [0.2, 0.25) is 11.8 Å². The molecule has 3 amide bonds. The fourth-order valence-electron chi connectivity index (χ4n) is 7.65. The number of aliphatic hydroxyl groups is 1. The van der Waals surface area contributed by atoms with Crippen LogP contribution in [-0.4, -0.2) is 82.0 Å². The molecule has 1 unspecified atom stereocenters. The Labute approximate surface area is 306 Å². The fraction of sp³-hybridized carbons (Fsp3) is 0.474. The third-order valence-electron chi connectivity index (χ3n) is 9.86. The number of amides is 3. The van der Waals surface area contributed by atoms with Gasteiger partial charge in [-0.1, -0.05) is 70.0 Å². The molecule has 3 aliphatic heterocycles. The maximum absolute atomic E-state index is 14.8. The maximum Gasteiger partial charge on any atom is 0.313 e. The standard InChI is InChI=1S/C38H45BrClN3O7/c1-4-6-15-29(45)41-24(3)32(25-13-9-7-10-14-25)49-37(48)30-31-35(46)43(21-11-8-12-22-44)34(38(31)23-28(39)33(30)50-38)36(47)42(20-5-2)27-18-16-26(40)17-19-27/h4-5,7,9-10,13-14,16-19,24,28,30-34,44H,1-2,6,8,11-12,15,20-23H2,3H3,(H,41,45)/t24-,28?,30-,31+,32-,33-,34-,38+/m1/s1. The lowest BCUT2D eigenvalue weighted by atomic mass is 9.70. The van der Waals surface area contributed by atoms with Gasteiger partial charge in [0.25, 0.3) is 5.91 Å². The van der Waals surface area contributed by atoms with E-state index in [1.54, 1.807) is 53.1 Å². The van der Waals surface area contributed by atoms with Crippen LogP contribution in [0.2, 0.25) is 5.02 Å². The van der Waals surface area contributed by atoms with E-state index in [1.807, 2.05) is 30.3 Å². The van der Waals surface area contributed by atoms with E-state index in [0.29, 0.717) is 48.4 Å². The zero-order chi connectivity index (χ0) is 36.0. The average molecular weight is 771 g/mol.